The molecule has 0 amide bonds. The van der Waals surface area contributed by atoms with Crippen molar-refractivity contribution < 1.29 is 57.6 Å². The largest absolute Gasteiger partial charge is 0.390 e. The third kappa shape index (κ3) is 4.76. The van der Waals surface area contributed by atoms with Gasteiger partial charge in [0.2, 0.25) is 0 Å². The van der Waals surface area contributed by atoms with Crippen LogP contribution in [-0.4, -0.2) is 107 Å². The van der Waals surface area contributed by atoms with Crippen molar-refractivity contribution in [2.24, 2.45) is 0 Å². The van der Waals surface area contributed by atoms with Crippen LogP contribution in [0, 0.1) is 0 Å². The van der Waals surface area contributed by atoms with Crippen molar-refractivity contribution in [3.8, 4) is 0 Å². The van der Waals surface area contributed by atoms with Crippen LogP contribution in [0.2, 0.25) is 0 Å². The summed E-state index contributed by atoms with van der Waals surface area (Å²) >= 11 is 0. The van der Waals surface area contributed by atoms with Gasteiger partial charge in [0, 0.05) is 6.42 Å². The van der Waals surface area contributed by atoms with E-state index in [1.165, 1.54) is 0 Å². The highest BCUT2D eigenvalue weighted by Gasteiger charge is 2.64. The fourth-order valence-electron chi connectivity index (χ4n) is 6.42. The summed E-state index contributed by atoms with van der Waals surface area (Å²) in [6.07, 6.45) is -8.84. The lowest BCUT2D eigenvalue weighted by Gasteiger charge is -2.42. The van der Waals surface area contributed by atoms with E-state index in [1.807, 2.05) is 0 Å². The van der Waals surface area contributed by atoms with Crippen molar-refractivity contribution in [2.75, 3.05) is 0 Å². The Morgan fingerprint density at radius 2 is 0.757 bits per heavy atom. The maximum Gasteiger partial charge on any atom is 0.190 e. The summed E-state index contributed by atoms with van der Waals surface area (Å²) in [4.78, 5) is 0. The quantitative estimate of drug-likeness (QED) is 0.533. The van der Waals surface area contributed by atoms with Crippen LogP contribution < -0.4 is 0 Å². The second kappa shape index (κ2) is 8.51. The highest BCUT2D eigenvalue weighted by molar-refractivity contribution is 5.05. The molecule has 0 aliphatic carbocycles. The van der Waals surface area contributed by atoms with Crippen molar-refractivity contribution in [3.63, 3.8) is 0 Å². The molecular weight excluding hydrogens is 492 g/mol. The molecule has 12 atom stereocenters. The van der Waals surface area contributed by atoms with E-state index in [0.29, 0.717) is 0 Å². The minimum Gasteiger partial charge on any atom is -0.390 e. The second-order valence-corrected chi connectivity index (χ2v) is 12.6. The number of hydrogen-bond donors (Lipinski definition) is 2. The first-order valence-corrected chi connectivity index (χ1v) is 13.1. The standard InChI is InChI=1S/C25H40O12/c1-22(2)30-14-12(28-20-18(16(14)32-22)34-24(5,6)36-20)10(26)9-11(27)13-15-17(33-23(3,4)31-15)19-21(29-13)37-25(7,8)35-19/h10-21,26-27H,9H2,1-8H3/t10-,11+,12-,13-,14+,15+,16+,17+,18-,19-,20-,21-/m1/s1. The molecule has 0 bridgehead atoms. The van der Waals surface area contributed by atoms with Crippen LogP contribution in [0.1, 0.15) is 61.8 Å². The molecule has 12 heteroatoms. The Morgan fingerprint density at radius 3 is 1.14 bits per heavy atom. The Hall–Kier alpha value is -0.480. The van der Waals surface area contributed by atoms with Gasteiger partial charge in [-0.3, -0.25) is 0 Å². The maximum absolute atomic E-state index is 11.4. The minimum atomic E-state index is -1.14. The van der Waals surface area contributed by atoms with Gasteiger partial charge in [0.05, 0.1) is 12.2 Å². The molecule has 2 N–H and O–H groups in total. The fraction of sp³-hybridized carbons (Fsp3) is 1.00. The van der Waals surface area contributed by atoms with Crippen molar-refractivity contribution >= 4 is 0 Å². The van der Waals surface area contributed by atoms with Gasteiger partial charge in [0.25, 0.3) is 0 Å². The van der Waals surface area contributed by atoms with Gasteiger partial charge in [-0.15, -0.1) is 0 Å². The van der Waals surface area contributed by atoms with Crippen LogP contribution in [-0.2, 0) is 47.4 Å². The lowest BCUT2D eigenvalue weighted by Crippen LogP contribution is -2.61. The van der Waals surface area contributed by atoms with Crippen LogP contribution in [0.3, 0.4) is 0 Å². The molecule has 6 saturated heterocycles. The van der Waals surface area contributed by atoms with E-state index in [-0.39, 0.29) is 6.42 Å². The van der Waals surface area contributed by atoms with Gasteiger partial charge >= 0.3 is 0 Å². The van der Waals surface area contributed by atoms with Gasteiger partial charge in [-0.05, 0) is 55.4 Å². The molecule has 0 aromatic carbocycles. The van der Waals surface area contributed by atoms with E-state index in [1.54, 1.807) is 55.4 Å². The molecule has 12 nitrogen and oxygen atoms in total. The molecule has 0 aromatic rings. The van der Waals surface area contributed by atoms with Gasteiger partial charge in [0.15, 0.2) is 35.7 Å². The van der Waals surface area contributed by atoms with E-state index in [9.17, 15) is 10.2 Å². The number of rotatable bonds is 4. The van der Waals surface area contributed by atoms with E-state index < -0.39 is 96.8 Å². The zero-order valence-electron chi connectivity index (χ0n) is 22.6. The first-order chi connectivity index (χ1) is 17.0. The summed E-state index contributed by atoms with van der Waals surface area (Å²) < 4.78 is 60.8. The lowest BCUT2D eigenvalue weighted by molar-refractivity contribution is -0.267. The predicted octanol–water partition coefficient (Wildman–Crippen LogP) is 0.891. The highest BCUT2D eigenvalue weighted by atomic mass is 16.9. The van der Waals surface area contributed by atoms with Gasteiger partial charge < -0.3 is 57.6 Å². The molecule has 212 valence electrons. The van der Waals surface area contributed by atoms with Crippen LogP contribution in [0.4, 0.5) is 0 Å². The Balaban J connectivity index is 1.20. The number of hydrogen-bond acceptors (Lipinski definition) is 12. The van der Waals surface area contributed by atoms with Crippen molar-refractivity contribution in [1.82, 2.24) is 0 Å². The van der Waals surface area contributed by atoms with Crippen molar-refractivity contribution in [1.29, 1.82) is 0 Å². The Kier molecular flexibility index (Phi) is 6.15. The van der Waals surface area contributed by atoms with Crippen LogP contribution in [0.5, 0.6) is 0 Å². The molecule has 6 heterocycles. The molecule has 0 saturated carbocycles. The number of fused-ring (bicyclic) bond motifs is 6. The maximum atomic E-state index is 11.4. The molecule has 6 fully saturated rings. The van der Waals surface area contributed by atoms with Crippen LogP contribution >= 0.6 is 0 Å². The average molecular weight is 533 g/mol. The Bertz CT molecular complexity index is 821. The van der Waals surface area contributed by atoms with Crippen LogP contribution in [0.25, 0.3) is 0 Å². The normalized spacial score (nSPS) is 50.1. The van der Waals surface area contributed by atoms with Crippen LogP contribution in [0.15, 0.2) is 0 Å². The van der Waals surface area contributed by atoms with Gasteiger partial charge in [-0.25, -0.2) is 0 Å². The molecule has 37 heavy (non-hydrogen) atoms. The third-order valence-corrected chi connectivity index (χ3v) is 7.62. The van der Waals surface area contributed by atoms with E-state index in [0.717, 1.165) is 0 Å². The third-order valence-electron chi connectivity index (χ3n) is 7.62. The number of aliphatic hydroxyl groups is 2. The second-order valence-electron chi connectivity index (χ2n) is 12.6. The first kappa shape index (κ1) is 26.7. The van der Waals surface area contributed by atoms with Gasteiger partial charge in [-0.1, -0.05) is 0 Å². The average Bonchev–Trinajstić information content (AvgIpc) is 3.43. The zero-order chi connectivity index (χ0) is 26.7. The summed E-state index contributed by atoms with van der Waals surface area (Å²) in [6, 6.07) is 0. The molecule has 6 aliphatic heterocycles. The van der Waals surface area contributed by atoms with Gasteiger partial charge in [-0.2, -0.15) is 0 Å². The number of aliphatic hydroxyl groups excluding tert-OH is 2. The minimum absolute atomic E-state index is 0.0847. The fourth-order valence-corrected chi connectivity index (χ4v) is 6.42. The summed E-state index contributed by atoms with van der Waals surface area (Å²) in [5, 5.41) is 22.7. The Morgan fingerprint density at radius 1 is 0.459 bits per heavy atom. The summed E-state index contributed by atoms with van der Waals surface area (Å²) in [6.45, 7) is 14.4. The SMILES string of the molecule is CC1(C)O[C@@H]2[C@H](O1)[C@H]1OC(C)(C)O[C@H]1O[C@@H]2[C@H](O)C[C@H](O)[C@H]1O[C@@H]2OC(C)(C)O[C@@H]2[C@H]2OC(C)(C)O[C@H]21. The van der Waals surface area contributed by atoms with Gasteiger partial charge in [0.1, 0.15) is 48.8 Å². The zero-order valence-corrected chi connectivity index (χ0v) is 22.6. The summed E-state index contributed by atoms with van der Waals surface area (Å²) in [5.74, 6) is -3.55. The van der Waals surface area contributed by atoms with E-state index in [4.69, 9.17) is 47.4 Å². The summed E-state index contributed by atoms with van der Waals surface area (Å²) in [7, 11) is 0. The highest BCUT2D eigenvalue weighted by Crippen LogP contribution is 2.47. The lowest BCUT2D eigenvalue weighted by atomic mass is 9.89. The van der Waals surface area contributed by atoms with E-state index >= 15 is 0 Å². The molecule has 0 unspecified atom stereocenters. The molecular formula is C25H40O12. The first-order valence-electron chi connectivity index (χ1n) is 13.1. The van der Waals surface area contributed by atoms with E-state index in [2.05, 4.69) is 0 Å². The molecule has 0 spiro atoms. The smallest absolute Gasteiger partial charge is 0.190 e. The Labute approximate surface area is 216 Å². The topological polar surface area (TPSA) is 133 Å². The molecule has 6 aliphatic rings. The van der Waals surface area contributed by atoms with Crippen molar-refractivity contribution in [2.45, 2.75) is 159 Å². The molecule has 0 radical (unpaired) electrons. The molecule has 0 aromatic heterocycles. The molecule has 6 rings (SSSR count). The predicted molar refractivity (Wildman–Crippen MR) is 122 cm³/mol. The monoisotopic (exact) mass is 532 g/mol. The van der Waals surface area contributed by atoms with Crippen molar-refractivity contribution in [3.05, 3.63) is 0 Å². The number of ether oxygens (including phenoxy) is 10. The summed E-state index contributed by atoms with van der Waals surface area (Å²) in [5.41, 5.74) is 0.